The molecule has 1 rings (SSSR count). The smallest absolute Gasteiger partial charge is 0.436 e. The molecule has 0 aliphatic rings. The predicted molar refractivity (Wildman–Crippen MR) is 19.9 cm³/mol. The Bertz CT molecular complexity index is 175. The van der Waals surface area contributed by atoms with Gasteiger partial charge in [-0.3, -0.25) is 0 Å². The molecule has 1 N–H and O–H groups in total. The van der Waals surface area contributed by atoms with Crippen LogP contribution < -0.4 is 4.94 Å². The van der Waals surface area contributed by atoms with Gasteiger partial charge in [0.2, 0.25) is 0 Å². The zero-order valence-corrected chi connectivity index (χ0v) is 3.67. The maximum Gasteiger partial charge on any atom is 0.436 e. The highest BCUT2D eigenvalue weighted by molar-refractivity contribution is 5.02. The van der Waals surface area contributed by atoms with E-state index in [1.807, 2.05) is 0 Å². The van der Waals surface area contributed by atoms with E-state index >= 15 is 0 Å². The molecule has 44 valence electrons. The van der Waals surface area contributed by atoms with Crippen molar-refractivity contribution in [2.45, 2.75) is 0 Å². The molecule has 8 heavy (non-hydrogen) atoms. The van der Waals surface area contributed by atoms with Gasteiger partial charge in [-0.05, 0) is 0 Å². The molecule has 1 heterocycles. The summed E-state index contributed by atoms with van der Waals surface area (Å²) in [5.74, 6) is -0.405. The molecule has 0 bridgehead atoms. The van der Waals surface area contributed by atoms with Crippen LogP contribution in [-0.2, 0) is 0 Å². The molecular weight excluding hydrogens is 117 g/mol. The second-order valence-electron chi connectivity index (χ2n) is 1.05. The second-order valence-corrected chi connectivity index (χ2v) is 1.05. The molecule has 0 amide bonds. The minimum atomic E-state index is -0.595. The lowest BCUT2D eigenvalue weighted by atomic mass is 10.9. The van der Waals surface area contributed by atoms with Crippen LogP contribution in [0.2, 0.25) is 0 Å². The minimum absolute atomic E-state index is 0.405. The Labute approximate surface area is 43.4 Å². The van der Waals surface area contributed by atoms with Crippen LogP contribution in [0.15, 0.2) is 10.7 Å². The molecule has 0 aromatic carbocycles. The van der Waals surface area contributed by atoms with Crippen molar-refractivity contribution in [3.8, 4) is 12.0 Å². The molecular formula is C3H2FNO3. The zero-order chi connectivity index (χ0) is 5.98. The van der Waals surface area contributed by atoms with Gasteiger partial charge in [0.05, 0.1) is 0 Å². The monoisotopic (exact) mass is 119 g/mol. The first-order chi connectivity index (χ1) is 3.83. The maximum absolute atomic E-state index is 11.0. The highest BCUT2D eigenvalue weighted by Crippen LogP contribution is 2.13. The van der Waals surface area contributed by atoms with Crippen molar-refractivity contribution in [1.29, 1.82) is 0 Å². The van der Waals surface area contributed by atoms with Crippen LogP contribution in [0.5, 0.6) is 12.0 Å². The van der Waals surface area contributed by atoms with E-state index in [1.165, 1.54) is 0 Å². The van der Waals surface area contributed by atoms with Crippen LogP contribution in [0.25, 0.3) is 0 Å². The first kappa shape index (κ1) is 4.89. The summed E-state index contributed by atoms with van der Waals surface area (Å²) in [4.78, 5) is 6.02. The largest absolute Gasteiger partial charge is 0.491 e. The normalized spacial score (nSPS) is 9.12. The molecule has 0 aliphatic heterocycles. The Morgan fingerprint density at radius 2 is 2.62 bits per heavy atom. The summed E-state index contributed by atoms with van der Waals surface area (Å²) in [5.41, 5.74) is 0. The maximum atomic E-state index is 11.0. The van der Waals surface area contributed by atoms with E-state index in [0.29, 0.717) is 0 Å². The van der Waals surface area contributed by atoms with E-state index in [0.717, 1.165) is 6.26 Å². The zero-order valence-electron chi connectivity index (χ0n) is 3.67. The third-order valence-electron chi connectivity index (χ3n) is 0.537. The lowest BCUT2D eigenvalue weighted by Crippen LogP contribution is -1.71. The standard InChI is InChI=1S/C3H2FNO3/c4-8-3-5-2(6)1-7-3/h1,6H. The van der Waals surface area contributed by atoms with Gasteiger partial charge in [-0.15, -0.1) is 4.98 Å². The summed E-state index contributed by atoms with van der Waals surface area (Å²) in [5, 5.41) is 8.33. The fraction of sp³-hybridized carbons (Fsp3) is 0. The van der Waals surface area contributed by atoms with Crippen molar-refractivity contribution >= 4 is 0 Å². The highest BCUT2D eigenvalue weighted by Gasteiger charge is 2.00. The minimum Gasteiger partial charge on any atom is -0.491 e. The number of rotatable bonds is 1. The molecule has 0 unspecified atom stereocenters. The first-order valence-electron chi connectivity index (χ1n) is 1.76. The Balaban J connectivity index is 2.84. The molecule has 0 aliphatic carbocycles. The van der Waals surface area contributed by atoms with Crippen molar-refractivity contribution in [3.05, 3.63) is 6.26 Å². The van der Waals surface area contributed by atoms with E-state index in [4.69, 9.17) is 5.11 Å². The number of nitrogens with zero attached hydrogens (tertiary/aromatic N) is 1. The summed E-state index contributed by atoms with van der Waals surface area (Å²) < 4.78 is 15.1. The van der Waals surface area contributed by atoms with Gasteiger partial charge in [0, 0.05) is 4.53 Å². The van der Waals surface area contributed by atoms with Crippen LogP contribution in [-0.4, -0.2) is 10.1 Å². The van der Waals surface area contributed by atoms with Crippen LogP contribution in [0.4, 0.5) is 4.53 Å². The summed E-state index contributed by atoms with van der Waals surface area (Å²) in [6.07, 6.45) is 0.261. The summed E-state index contributed by atoms with van der Waals surface area (Å²) in [7, 11) is 0. The van der Waals surface area contributed by atoms with Gasteiger partial charge in [0.1, 0.15) is 0 Å². The molecule has 0 saturated carbocycles. The van der Waals surface area contributed by atoms with Crippen molar-refractivity contribution in [2.75, 3.05) is 0 Å². The van der Waals surface area contributed by atoms with Gasteiger partial charge in [0.25, 0.3) is 5.88 Å². The molecule has 0 fully saturated rings. The fourth-order valence-electron chi connectivity index (χ4n) is 0.285. The SMILES string of the molecule is Oc1coc(OF)n1. The second kappa shape index (κ2) is 1.69. The van der Waals surface area contributed by atoms with E-state index in [2.05, 4.69) is 14.3 Å². The van der Waals surface area contributed by atoms with Crippen molar-refractivity contribution in [3.63, 3.8) is 0 Å². The number of oxazole rings is 1. The van der Waals surface area contributed by atoms with E-state index in [1.54, 1.807) is 0 Å². The van der Waals surface area contributed by atoms with Gasteiger partial charge in [-0.1, -0.05) is 0 Å². The summed E-state index contributed by atoms with van der Waals surface area (Å²) in [6, 6.07) is 0. The Morgan fingerprint density at radius 3 is 2.88 bits per heavy atom. The highest BCUT2D eigenvalue weighted by atomic mass is 19.3. The first-order valence-corrected chi connectivity index (χ1v) is 1.76. The lowest BCUT2D eigenvalue weighted by molar-refractivity contribution is -0.0385. The van der Waals surface area contributed by atoms with Crippen LogP contribution in [0, 0.1) is 0 Å². The fourth-order valence-corrected chi connectivity index (χ4v) is 0.285. The predicted octanol–water partition coefficient (Wildman–Crippen LogP) is 0.643. The van der Waals surface area contributed by atoms with Gasteiger partial charge < -0.3 is 9.52 Å². The molecule has 0 saturated heterocycles. The molecule has 1 aromatic rings. The topological polar surface area (TPSA) is 55.5 Å². The number of halogens is 1. The van der Waals surface area contributed by atoms with Gasteiger partial charge in [-0.25, -0.2) is 4.94 Å². The van der Waals surface area contributed by atoms with Crippen LogP contribution in [0.3, 0.4) is 0 Å². The molecule has 0 spiro atoms. The number of hydrogen-bond donors (Lipinski definition) is 1. The molecule has 0 atom stereocenters. The van der Waals surface area contributed by atoms with Gasteiger partial charge in [0.15, 0.2) is 6.26 Å². The van der Waals surface area contributed by atoms with Gasteiger partial charge >= 0.3 is 6.08 Å². The third kappa shape index (κ3) is 0.699. The summed E-state index contributed by atoms with van der Waals surface area (Å²) in [6.45, 7) is 0. The Kier molecular flexibility index (Phi) is 1.03. The van der Waals surface area contributed by atoms with E-state index in [9.17, 15) is 4.53 Å². The van der Waals surface area contributed by atoms with Crippen LogP contribution in [0.1, 0.15) is 0 Å². The average Bonchev–Trinajstić information content (AvgIpc) is 2.14. The van der Waals surface area contributed by atoms with E-state index in [-0.39, 0.29) is 0 Å². The van der Waals surface area contributed by atoms with Gasteiger partial charge in [-0.2, -0.15) is 0 Å². The van der Waals surface area contributed by atoms with Crippen LogP contribution >= 0.6 is 0 Å². The lowest BCUT2D eigenvalue weighted by Gasteiger charge is -1.75. The molecule has 4 nitrogen and oxygen atoms in total. The third-order valence-corrected chi connectivity index (χ3v) is 0.537. The molecule has 0 radical (unpaired) electrons. The summed E-state index contributed by atoms with van der Waals surface area (Å²) >= 11 is 0. The van der Waals surface area contributed by atoms with Crippen molar-refractivity contribution in [1.82, 2.24) is 4.98 Å². The van der Waals surface area contributed by atoms with Crippen molar-refractivity contribution in [2.24, 2.45) is 0 Å². The van der Waals surface area contributed by atoms with Crippen molar-refractivity contribution < 1.29 is 19.0 Å². The number of hydrogen-bond acceptors (Lipinski definition) is 4. The number of aromatic hydroxyl groups is 1. The Hall–Kier alpha value is -1.26. The number of aromatic nitrogens is 1. The average molecular weight is 119 g/mol. The quantitative estimate of drug-likeness (QED) is 0.589. The molecule has 5 heteroatoms. The molecule has 1 aromatic heterocycles. The van der Waals surface area contributed by atoms with E-state index < -0.39 is 12.0 Å². The Morgan fingerprint density at radius 1 is 1.88 bits per heavy atom.